The van der Waals surface area contributed by atoms with E-state index in [0.717, 1.165) is 23.2 Å². The van der Waals surface area contributed by atoms with Crippen LogP contribution in [0.2, 0.25) is 0 Å². The van der Waals surface area contributed by atoms with Crippen LogP contribution in [0.3, 0.4) is 0 Å². The second-order valence-electron chi connectivity index (χ2n) is 7.87. The van der Waals surface area contributed by atoms with Crippen LogP contribution in [0, 0.1) is 24.5 Å². The van der Waals surface area contributed by atoms with Crippen LogP contribution in [0.4, 0.5) is 8.78 Å². The van der Waals surface area contributed by atoms with Gasteiger partial charge in [-0.3, -0.25) is 10.2 Å². The Balaban J connectivity index is 1.65. The van der Waals surface area contributed by atoms with Gasteiger partial charge in [-0.15, -0.1) is 0 Å². The van der Waals surface area contributed by atoms with E-state index in [1.54, 1.807) is 11.9 Å². The van der Waals surface area contributed by atoms with Crippen LogP contribution in [-0.2, 0) is 4.79 Å². The predicted molar refractivity (Wildman–Crippen MR) is 106 cm³/mol. The molecule has 2 aliphatic rings. The number of carbonyl (C=O) groups excluding carboxylic acids is 1. The molecule has 1 aromatic heterocycles. The number of H-pyrrole nitrogens is 1. The topological polar surface area (TPSA) is 82.3 Å². The summed E-state index contributed by atoms with van der Waals surface area (Å²) in [5.74, 6) is -0.442. The molecule has 1 amide bonds. The Morgan fingerprint density at radius 3 is 2.87 bits per heavy atom. The van der Waals surface area contributed by atoms with Crippen molar-refractivity contribution >= 4 is 16.9 Å². The van der Waals surface area contributed by atoms with Gasteiger partial charge >= 0.3 is 0 Å². The third-order valence-electron chi connectivity index (χ3n) is 5.92. The van der Waals surface area contributed by atoms with Gasteiger partial charge in [-0.25, -0.2) is 19.2 Å². The van der Waals surface area contributed by atoms with E-state index in [-0.39, 0.29) is 29.5 Å². The standard InChI is InChI=1S/C21H21F2N5O2/c1-10-25-16-5-4-12(14-9-28(2)21(29)18-13(14)8-24-27-18)20(19(16)26-10)30-17-6-3-11(22)7-15(17)23/h3-7,13-14,18,24,27H,8-9H2,1-2H3,(H,25,26). The number of hydrazine groups is 1. The Morgan fingerprint density at radius 2 is 2.07 bits per heavy atom. The molecule has 2 saturated heterocycles. The molecule has 3 atom stereocenters. The van der Waals surface area contributed by atoms with Gasteiger partial charge in [-0.05, 0) is 25.1 Å². The highest BCUT2D eigenvalue weighted by molar-refractivity contribution is 5.86. The lowest BCUT2D eigenvalue weighted by atomic mass is 9.78. The number of carbonyl (C=O) groups is 1. The number of imidazole rings is 1. The SMILES string of the molecule is Cc1nc2c(Oc3ccc(F)cc3F)c(C3CN(C)C(=O)C4NNCC43)ccc2[nH]1. The molecule has 0 spiro atoms. The van der Waals surface area contributed by atoms with Gasteiger partial charge < -0.3 is 14.6 Å². The number of hydrogen-bond donors (Lipinski definition) is 3. The van der Waals surface area contributed by atoms with Gasteiger partial charge in [0, 0.05) is 43.6 Å². The number of hydrogen-bond acceptors (Lipinski definition) is 5. The summed E-state index contributed by atoms with van der Waals surface area (Å²) in [4.78, 5) is 21.9. The number of aryl methyl sites for hydroxylation is 1. The van der Waals surface area contributed by atoms with Crippen LogP contribution in [0.1, 0.15) is 17.3 Å². The van der Waals surface area contributed by atoms with Crippen LogP contribution in [0.25, 0.3) is 11.0 Å². The number of halogens is 2. The number of amides is 1. The molecule has 7 nitrogen and oxygen atoms in total. The summed E-state index contributed by atoms with van der Waals surface area (Å²) in [7, 11) is 1.77. The first-order valence-corrected chi connectivity index (χ1v) is 9.78. The van der Waals surface area contributed by atoms with Gasteiger partial charge in [0.15, 0.2) is 17.3 Å². The normalized spacial score (nSPS) is 23.8. The highest BCUT2D eigenvalue weighted by Crippen LogP contribution is 2.43. The molecule has 0 aliphatic carbocycles. The van der Waals surface area contributed by atoms with Crippen molar-refractivity contribution in [2.45, 2.75) is 18.9 Å². The summed E-state index contributed by atoms with van der Waals surface area (Å²) >= 11 is 0. The minimum absolute atomic E-state index is 0.00611. The lowest BCUT2D eigenvalue weighted by Gasteiger charge is -2.38. The van der Waals surface area contributed by atoms with Gasteiger partial charge in [0.05, 0.1) is 5.52 Å². The number of piperidine rings is 1. The molecule has 2 aliphatic heterocycles. The molecule has 3 aromatic rings. The summed E-state index contributed by atoms with van der Waals surface area (Å²) in [5, 5.41) is 0. The van der Waals surface area contributed by atoms with E-state index in [1.807, 2.05) is 19.1 Å². The smallest absolute Gasteiger partial charge is 0.241 e. The van der Waals surface area contributed by atoms with Crippen molar-refractivity contribution in [3.8, 4) is 11.5 Å². The largest absolute Gasteiger partial charge is 0.452 e. The van der Waals surface area contributed by atoms with Crippen LogP contribution in [0.15, 0.2) is 30.3 Å². The Hall–Kier alpha value is -3.04. The van der Waals surface area contributed by atoms with Crippen LogP contribution in [0.5, 0.6) is 11.5 Å². The number of benzene rings is 2. The summed E-state index contributed by atoms with van der Waals surface area (Å²) < 4.78 is 33.8. The van der Waals surface area contributed by atoms with Crippen molar-refractivity contribution in [3.05, 3.63) is 53.4 Å². The van der Waals surface area contributed by atoms with Crippen molar-refractivity contribution in [1.82, 2.24) is 25.7 Å². The second kappa shape index (κ2) is 7.03. The fourth-order valence-electron chi connectivity index (χ4n) is 4.47. The first-order chi connectivity index (χ1) is 14.4. The Bertz CT molecular complexity index is 1150. The van der Waals surface area contributed by atoms with E-state index in [9.17, 15) is 13.6 Å². The minimum Gasteiger partial charge on any atom is -0.452 e. The van der Waals surface area contributed by atoms with Gasteiger partial charge in [-0.1, -0.05) is 6.07 Å². The molecular weight excluding hydrogens is 392 g/mol. The number of aromatic amines is 1. The Kier molecular flexibility index (Phi) is 4.44. The lowest BCUT2D eigenvalue weighted by Crippen LogP contribution is -2.53. The van der Waals surface area contributed by atoms with E-state index >= 15 is 0 Å². The van der Waals surface area contributed by atoms with E-state index in [2.05, 4.69) is 20.8 Å². The molecule has 2 fully saturated rings. The van der Waals surface area contributed by atoms with E-state index in [4.69, 9.17) is 4.74 Å². The third kappa shape index (κ3) is 3.01. The molecule has 156 valence electrons. The number of fused-ring (bicyclic) bond motifs is 2. The zero-order chi connectivity index (χ0) is 21.0. The van der Waals surface area contributed by atoms with Crippen molar-refractivity contribution in [2.24, 2.45) is 5.92 Å². The van der Waals surface area contributed by atoms with Gasteiger partial charge in [0.2, 0.25) is 5.91 Å². The molecule has 3 heterocycles. The molecule has 0 saturated carbocycles. The first-order valence-electron chi connectivity index (χ1n) is 9.78. The Morgan fingerprint density at radius 1 is 1.23 bits per heavy atom. The highest BCUT2D eigenvalue weighted by Gasteiger charge is 2.45. The van der Waals surface area contributed by atoms with Crippen molar-refractivity contribution in [1.29, 1.82) is 0 Å². The highest BCUT2D eigenvalue weighted by atomic mass is 19.1. The predicted octanol–water partition coefficient (Wildman–Crippen LogP) is 2.59. The number of rotatable bonds is 3. The number of nitrogens with zero attached hydrogens (tertiary/aromatic N) is 2. The summed E-state index contributed by atoms with van der Waals surface area (Å²) in [6, 6.07) is 6.71. The molecule has 0 bridgehead atoms. The summed E-state index contributed by atoms with van der Waals surface area (Å²) in [5.41, 5.74) is 8.30. The molecular formula is C21H21F2N5O2. The molecule has 2 aromatic carbocycles. The molecule has 3 N–H and O–H groups in total. The lowest BCUT2D eigenvalue weighted by molar-refractivity contribution is -0.136. The minimum atomic E-state index is -0.789. The van der Waals surface area contributed by atoms with E-state index in [1.165, 1.54) is 6.07 Å². The molecule has 30 heavy (non-hydrogen) atoms. The maximum absolute atomic E-state index is 14.4. The third-order valence-corrected chi connectivity index (χ3v) is 5.92. The molecule has 9 heteroatoms. The fraction of sp³-hybridized carbons (Fsp3) is 0.333. The average molecular weight is 413 g/mol. The maximum atomic E-state index is 14.4. The van der Waals surface area contributed by atoms with Gasteiger partial charge in [0.1, 0.15) is 23.2 Å². The quantitative estimate of drug-likeness (QED) is 0.615. The molecule has 3 unspecified atom stereocenters. The maximum Gasteiger partial charge on any atom is 0.241 e. The van der Waals surface area contributed by atoms with Crippen LogP contribution >= 0.6 is 0 Å². The van der Waals surface area contributed by atoms with Gasteiger partial charge in [0.25, 0.3) is 0 Å². The summed E-state index contributed by atoms with van der Waals surface area (Å²) in [6.07, 6.45) is 0. The first kappa shape index (κ1) is 19.0. The average Bonchev–Trinajstić information content (AvgIpc) is 3.33. The zero-order valence-electron chi connectivity index (χ0n) is 16.5. The number of ether oxygens (including phenoxy) is 1. The van der Waals surface area contributed by atoms with Crippen molar-refractivity contribution in [2.75, 3.05) is 20.1 Å². The number of nitrogens with one attached hydrogen (secondary N) is 3. The zero-order valence-corrected chi connectivity index (χ0v) is 16.5. The Labute approximate surface area is 171 Å². The number of likely N-dealkylation sites (N-methyl/N-ethyl adjacent to an activating group) is 1. The van der Waals surface area contributed by atoms with Gasteiger partial charge in [-0.2, -0.15) is 0 Å². The van der Waals surface area contributed by atoms with Crippen LogP contribution < -0.4 is 15.6 Å². The fourth-order valence-corrected chi connectivity index (χ4v) is 4.47. The van der Waals surface area contributed by atoms with E-state index < -0.39 is 11.6 Å². The molecule has 0 radical (unpaired) electrons. The monoisotopic (exact) mass is 413 g/mol. The molecule has 5 rings (SSSR count). The number of likely N-dealkylation sites (tertiary alicyclic amines) is 1. The van der Waals surface area contributed by atoms with Crippen LogP contribution in [-0.4, -0.2) is 47.0 Å². The van der Waals surface area contributed by atoms with Crippen molar-refractivity contribution < 1.29 is 18.3 Å². The van der Waals surface area contributed by atoms with Crippen molar-refractivity contribution in [3.63, 3.8) is 0 Å². The second-order valence-corrected chi connectivity index (χ2v) is 7.87. The summed E-state index contributed by atoms with van der Waals surface area (Å²) in [6.45, 7) is 2.95. The number of aromatic nitrogens is 2. The van der Waals surface area contributed by atoms with E-state index in [0.29, 0.717) is 30.2 Å².